The predicted octanol–water partition coefficient (Wildman–Crippen LogP) is 3.77. The molecule has 0 saturated heterocycles. The highest BCUT2D eigenvalue weighted by molar-refractivity contribution is 6.02. The summed E-state index contributed by atoms with van der Waals surface area (Å²) in [5.74, 6) is 0.718. The summed E-state index contributed by atoms with van der Waals surface area (Å²) in [7, 11) is 3.00. The molecule has 4 rings (SSSR count). The van der Waals surface area contributed by atoms with Crippen molar-refractivity contribution in [3.05, 3.63) is 88.2 Å². The first kappa shape index (κ1) is 20.2. The summed E-state index contributed by atoms with van der Waals surface area (Å²) < 4.78 is 11.7. The highest BCUT2D eigenvalue weighted by Gasteiger charge is 2.18. The summed E-state index contributed by atoms with van der Waals surface area (Å²) in [4.78, 5) is 31.1. The van der Waals surface area contributed by atoms with Gasteiger partial charge in [-0.15, -0.1) is 0 Å². The van der Waals surface area contributed by atoms with Gasteiger partial charge in [0.15, 0.2) is 5.82 Å². The molecule has 0 aliphatic rings. The minimum atomic E-state index is -0.507. The largest absolute Gasteiger partial charge is 0.497 e. The third-order valence-corrected chi connectivity index (χ3v) is 4.92. The molecule has 0 unspecified atom stereocenters. The highest BCUT2D eigenvalue weighted by atomic mass is 16.5. The van der Waals surface area contributed by atoms with Crippen molar-refractivity contribution in [1.29, 1.82) is 0 Å². The average molecular weight is 415 g/mol. The Morgan fingerprint density at radius 1 is 0.968 bits per heavy atom. The summed E-state index contributed by atoms with van der Waals surface area (Å²) >= 11 is 0. The minimum Gasteiger partial charge on any atom is -0.497 e. The summed E-state index contributed by atoms with van der Waals surface area (Å²) in [6, 6.07) is 19.5. The quantitative estimate of drug-likeness (QED) is 0.537. The van der Waals surface area contributed by atoms with Crippen LogP contribution in [0.3, 0.4) is 0 Å². The SMILES string of the molecule is COc1ccc(C(=O)Nn2c(-c3cccc(C)c3)nc3ccccc3c2=O)c(OC)c1. The average Bonchev–Trinajstić information content (AvgIpc) is 2.80. The van der Waals surface area contributed by atoms with E-state index in [0.29, 0.717) is 33.8 Å². The van der Waals surface area contributed by atoms with Gasteiger partial charge in [0.25, 0.3) is 11.5 Å². The lowest BCUT2D eigenvalue weighted by molar-refractivity contribution is 0.100. The molecule has 0 saturated carbocycles. The van der Waals surface area contributed by atoms with E-state index in [1.807, 2.05) is 37.3 Å². The number of para-hydroxylation sites is 1. The Hall–Kier alpha value is -4.13. The number of nitrogens with zero attached hydrogens (tertiary/aromatic N) is 2. The molecule has 0 radical (unpaired) electrons. The maximum absolute atomic E-state index is 13.3. The number of amides is 1. The number of methoxy groups -OCH3 is 2. The van der Waals surface area contributed by atoms with E-state index in [1.54, 1.807) is 36.4 Å². The van der Waals surface area contributed by atoms with Crippen LogP contribution in [0.1, 0.15) is 15.9 Å². The van der Waals surface area contributed by atoms with Crippen molar-refractivity contribution in [3.63, 3.8) is 0 Å². The molecule has 4 aromatic rings. The van der Waals surface area contributed by atoms with Crippen LogP contribution in [-0.4, -0.2) is 29.8 Å². The van der Waals surface area contributed by atoms with Crippen LogP contribution in [0.25, 0.3) is 22.3 Å². The van der Waals surface area contributed by atoms with Gasteiger partial charge in [-0.3, -0.25) is 15.0 Å². The third-order valence-electron chi connectivity index (χ3n) is 4.92. The number of aryl methyl sites for hydroxylation is 1. The van der Waals surface area contributed by atoms with Crippen molar-refractivity contribution < 1.29 is 14.3 Å². The van der Waals surface area contributed by atoms with Crippen LogP contribution in [-0.2, 0) is 0 Å². The number of hydrogen-bond donors (Lipinski definition) is 1. The van der Waals surface area contributed by atoms with Gasteiger partial charge in [0.1, 0.15) is 11.5 Å². The number of carbonyl (C=O) groups excluding carboxylic acids is 1. The van der Waals surface area contributed by atoms with Crippen LogP contribution < -0.4 is 20.5 Å². The number of rotatable bonds is 5. The van der Waals surface area contributed by atoms with Crippen molar-refractivity contribution in [2.45, 2.75) is 6.92 Å². The molecule has 0 fully saturated rings. The Kier molecular flexibility index (Phi) is 5.41. The Balaban J connectivity index is 1.87. The van der Waals surface area contributed by atoms with E-state index >= 15 is 0 Å². The van der Waals surface area contributed by atoms with E-state index in [2.05, 4.69) is 10.4 Å². The Morgan fingerprint density at radius 3 is 2.52 bits per heavy atom. The molecule has 1 aromatic heterocycles. The second kappa shape index (κ2) is 8.31. The van der Waals surface area contributed by atoms with Gasteiger partial charge in [-0.1, -0.05) is 35.9 Å². The highest BCUT2D eigenvalue weighted by Crippen LogP contribution is 2.25. The van der Waals surface area contributed by atoms with E-state index in [-0.39, 0.29) is 11.1 Å². The molecule has 3 aromatic carbocycles. The molecular formula is C24H21N3O4. The predicted molar refractivity (Wildman–Crippen MR) is 119 cm³/mol. The molecule has 1 amide bonds. The van der Waals surface area contributed by atoms with E-state index in [9.17, 15) is 9.59 Å². The molecule has 0 aliphatic heterocycles. The molecular weight excluding hydrogens is 394 g/mol. The van der Waals surface area contributed by atoms with Gasteiger partial charge in [0.05, 0.1) is 30.7 Å². The smallest absolute Gasteiger partial charge is 0.280 e. The number of benzene rings is 3. The van der Waals surface area contributed by atoms with E-state index in [0.717, 1.165) is 5.56 Å². The van der Waals surface area contributed by atoms with Crippen LogP contribution >= 0.6 is 0 Å². The van der Waals surface area contributed by atoms with Crippen LogP contribution in [0.2, 0.25) is 0 Å². The molecule has 1 heterocycles. The molecule has 0 aliphatic carbocycles. The maximum Gasteiger partial charge on any atom is 0.280 e. The first-order valence-corrected chi connectivity index (χ1v) is 9.64. The normalized spacial score (nSPS) is 10.7. The molecule has 7 nitrogen and oxygen atoms in total. The zero-order valence-corrected chi connectivity index (χ0v) is 17.4. The van der Waals surface area contributed by atoms with Gasteiger partial charge in [-0.05, 0) is 37.3 Å². The topological polar surface area (TPSA) is 82.5 Å². The Morgan fingerprint density at radius 2 is 1.77 bits per heavy atom. The lowest BCUT2D eigenvalue weighted by Gasteiger charge is -2.16. The van der Waals surface area contributed by atoms with Crippen molar-refractivity contribution in [2.75, 3.05) is 19.6 Å². The van der Waals surface area contributed by atoms with Gasteiger partial charge in [0.2, 0.25) is 0 Å². The summed E-state index contributed by atoms with van der Waals surface area (Å²) in [5.41, 5.74) is 4.86. The molecule has 7 heteroatoms. The summed E-state index contributed by atoms with van der Waals surface area (Å²) in [6.07, 6.45) is 0. The van der Waals surface area contributed by atoms with Crippen molar-refractivity contribution >= 4 is 16.8 Å². The number of ether oxygens (including phenoxy) is 2. The van der Waals surface area contributed by atoms with Crippen molar-refractivity contribution in [3.8, 4) is 22.9 Å². The van der Waals surface area contributed by atoms with Gasteiger partial charge in [-0.2, -0.15) is 4.68 Å². The zero-order valence-electron chi connectivity index (χ0n) is 17.4. The summed E-state index contributed by atoms with van der Waals surface area (Å²) in [5, 5.41) is 0.404. The lowest BCUT2D eigenvalue weighted by Crippen LogP contribution is -2.35. The third kappa shape index (κ3) is 3.85. The molecule has 0 bridgehead atoms. The fourth-order valence-corrected chi connectivity index (χ4v) is 3.36. The second-order valence-electron chi connectivity index (χ2n) is 6.97. The fraction of sp³-hybridized carbons (Fsp3) is 0.125. The first-order chi connectivity index (χ1) is 15.0. The minimum absolute atomic E-state index is 0.263. The van der Waals surface area contributed by atoms with E-state index in [4.69, 9.17) is 9.47 Å². The van der Waals surface area contributed by atoms with Crippen LogP contribution in [0.15, 0.2) is 71.5 Å². The van der Waals surface area contributed by atoms with Gasteiger partial charge < -0.3 is 9.47 Å². The van der Waals surface area contributed by atoms with Crippen LogP contribution in [0, 0.1) is 6.92 Å². The van der Waals surface area contributed by atoms with Crippen molar-refractivity contribution in [1.82, 2.24) is 9.66 Å². The number of carbonyl (C=O) groups is 1. The van der Waals surface area contributed by atoms with Crippen molar-refractivity contribution in [2.24, 2.45) is 0 Å². The van der Waals surface area contributed by atoms with Crippen LogP contribution in [0.5, 0.6) is 11.5 Å². The maximum atomic E-state index is 13.3. The number of fused-ring (bicyclic) bond motifs is 1. The fourth-order valence-electron chi connectivity index (χ4n) is 3.36. The number of nitrogens with one attached hydrogen (secondary N) is 1. The molecule has 31 heavy (non-hydrogen) atoms. The monoisotopic (exact) mass is 415 g/mol. The first-order valence-electron chi connectivity index (χ1n) is 9.64. The Labute approximate surface area is 178 Å². The van der Waals surface area contributed by atoms with E-state index < -0.39 is 5.91 Å². The number of aromatic nitrogens is 2. The zero-order chi connectivity index (χ0) is 22.0. The van der Waals surface area contributed by atoms with Gasteiger partial charge >= 0.3 is 0 Å². The number of hydrogen-bond acceptors (Lipinski definition) is 5. The van der Waals surface area contributed by atoms with Gasteiger partial charge in [0, 0.05) is 11.6 Å². The molecule has 156 valence electrons. The molecule has 0 atom stereocenters. The molecule has 0 spiro atoms. The lowest BCUT2D eigenvalue weighted by atomic mass is 10.1. The molecule has 1 N–H and O–H groups in total. The summed E-state index contributed by atoms with van der Waals surface area (Å²) in [6.45, 7) is 1.95. The second-order valence-corrected chi connectivity index (χ2v) is 6.97. The van der Waals surface area contributed by atoms with E-state index in [1.165, 1.54) is 18.9 Å². The van der Waals surface area contributed by atoms with Gasteiger partial charge in [-0.25, -0.2) is 4.98 Å². The Bertz CT molecular complexity index is 1340. The van der Waals surface area contributed by atoms with Crippen LogP contribution in [0.4, 0.5) is 0 Å². The standard InChI is InChI=1S/C24H21N3O4/c1-15-7-6-8-16(13-15)22-25-20-10-5-4-9-18(20)24(29)27(22)26-23(28)19-12-11-17(30-2)14-21(19)31-3/h4-14H,1-3H3,(H,26,28).